The van der Waals surface area contributed by atoms with Crippen LogP contribution >= 0.6 is 0 Å². The standard InChI is InChI=1S/C48H35N3.C10H14/c1-32-10-6-7-13-41(32)45-33(2)16-17-36-28-30-49(47(36)45)38-23-18-34(19-24-38)35-20-25-39(26-21-35)50-31-29-37-22-27-44-46(48(37)50)42-14-8-9-15-43(42)51(44)40-11-4-3-5-12-40;1-3-9(2)10-7-5-4-6-8-10/h3-31H,1-2H3;4-9H,3H2,1-2H3. The highest BCUT2D eigenvalue weighted by Gasteiger charge is 2.18. The van der Waals surface area contributed by atoms with E-state index in [0.29, 0.717) is 5.92 Å². The topological polar surface area (TPSA) is 14.8 Å². The van der Waals surface area contributed by atoms with Crippen molar-refractivity contribution in [2.24, 2.45) is 0 Å². The molecule has 0 aliphatic carbocycles. The van der Waals surface area contributed by atoms with Gasteiger partial charge in [0.1, 0.15) is 0 Å². The molecule has 0 saturated heterocycles. The van der Waals surface area contributed by atoms with E-state index in [1.807, 2.05) is 0 Å². The normalized spacial score (nSPS) is 11.9. The van der Waals surface area contributed by atoms with E-state index < -0.39 is 0 Å². The molecule has 0 radical (unpaired) electrons. The molecule has 0 N–H and O–H groups in total. The van der Waals surface area contributed by atoms with Crippen LogP contribution in [0.1, 0.15) is 42.9 Å². The minimum atomic E-state index is 0.709. The molecule has 296 valence electrons. The summed E-state index contributed by atoms with van der Waals surface area (Å²) in [4.78, 5) is 0. The summed E-state index contributed by atoms with van der Waals surface area (Å²) in [5, 5.41) is 5.01. The van der Waals surface area contributed by atoms with Gasteiger partial charge in [0.15, 0.2) is 0 Å². The zero-order valence-corrected chi connectivity index (χ0v) is 35.3. The molecule has 0 bridgehead atoms. The second-order valence-corrected chi connectivity index (χ2v) is 16.3. The lowest BCUT2D eigenvalue weighted by Gasteiger charge is -2.15. The number of para-hydroxylation sites is 2. The van der Waals surface area contributed by atoms with Gasteiger partial charge in [-0.25, -0.2) is 0 Å². The predicted octanol–water partition coefficient (Wildman–Crippen LogP) is 15.8. The van der Waals surface area contributed by atoms with Gasteiger partial charge < -0.3 is 13.7 Å². The first-order valence-electron chi connectivity index (χ1n) is 21.5. The molecule has 3 heterocycles. The Hall–Kier alpha value is -7.36. The van der Waals surface area contributed by atoms with Crippen molar-refractivity contribution >= 4 is 43.6 Å². The van der Waals surface area contributed by atoms with Gasteiger partial charge in [-0.1, -0.05) is 147 Å². The van der Waals surface area contributed by atoms with E-state index >= 15 is 0 Å². The van der Waals surface area contributed by atoms with E-state index in [1.165, 1.54) is 94.7 Å². The fourth-order valence-corrected chi connectivity index (χ4v) is 9.14. The summed E-state index contributed by atoms with van der Waals surface area (Å²) in [6, 6.07) is 70.1. The molecule has 3 aromatic heterocycles. The van der Waals surface area contributed by atoms with Crippen molar-refractivity contribution < 1.29 is 0 Å². The predicted molar refractivity (Wildman–Crippen MR) is 260 cm³/mol. The molecule has 0 saturated carbocycles. The Labute approximate surface area is 358 Å². The Morgan fingerprint density at radius 2 is 1.00 bits per heavy atom. The largest absolute Gasteiger partial charge is 0.316 e. The van der Waals surface area contributed by atoms with Crippen LogP contribution in [0.5, 0.6) is 0 Å². The summed E-state index contributed by atoms with van der Waals surface area (Å²) in [7, 11) is 0. The molecule has 8 aromatic carbocycles. The Morgan fingerprint density at radius 3 is 1.66 bits per heavy atom. The third kappa shape index (κ3) is 6.82. The monoisotopic (exact) mass is 787 g/mol. The van der Waals surface area contributed by atoms with Crippen LogP contribution in [0.15, 0.2) is 207 Å². The van der Waals surface area contributed by atoms with Crippen LogP contribution in [0, 0.1) is 13.8 Å². The molecule has 0 aliphatic heterocycles. The highest BCUT2D eigenvalue weighted by molar-refractivity contribution is 6.20. The molecule has 0 aliphatic rings. The van der Waals surface area contributed by atoms with E-state index in [9.17, 15) is 0 Å². The molecule has 61 heavy (non-hydrogen) atoms. The molecule has 0 spiro atoms. The molecular formula is C58H49N3. The van der Waals surface area contributed by atoms with Gasteiger partial charge in [0.05, 0.1) is 22.1 Å². The average Bonchev–Trinajstić information content (AvgIpc) is 4.04. The first-order valence-corrected chi connectivity index (χ1v) is 21.5. The zero-order valence-electron chi connectivity index (χ0n) is 35.3. The van der Waals surface area contributed by atoms with E-state index in [2.05, 4.69) is 248 Å². The van der Waals surface area contributed by atoms with Crippen LogP contribution in [-0.2, 0) is 0 Å². The summed E-state index contributed by atoms with van der Waals surface area (Å²) in [6.45, 7) is 8.89. The van der Waals surface area contributed by atoms with Crippen LogP contribution in [0.3, 0.4) is 0 Å². The maximum absolute atomic E-state index is 2.38. The molecule has 11 rings (SSSR count). The summed E-state index contributed by atoms with van der Waals surface area (Å²) < 4.78 is 7.07. The van der Waals surface area contributed by atoms with Gasteiger partial charge in [0.2, 0.25) is 0 Å². The molecule has 1 atom stereocenters. The van der Waals surface area contributed by atoms with Crippen molar-refractivity contribution in [3.05, 3.63) is 223 Å². The summed E-state index contributed by atoms with van der Waals surface area (Å²) >= 11 is 0. The maximum atomic E-state index is 2.38. The highest BCUT2D eigenvalue weighted by Crippen LogP contribution is 2.39. The number of aryl methyl sites for hydroxylation is 2. The fraction of sp³-hybridized carbons (Fsp3) is 0.103. The maximum Gasteiger partial charge on any atom is 0.0628 e. The van der Waals surface area contributed by atoms with Crippen LogP contribution in [0.2, 0.25) is 0 Å². The third-order valence-corrected chi connectivity index (χ3v) is 12.6. The van der Waals surface area contributed by atoms with E-state index in [1.54, 1.807) is 0 Å². The smallest absolute Gasteiger partial charge is 0.0628 e. The first-order chi connectivity index (χ1) is 30.0. The van der Waals surface area contributed by atoms with E-state index in [-0.39, 0.29) is 0 Å². The third-order valence-electron chi connectivity index (χ3n) is 12.6. The van der Waals surface area contributed by atoms with Crippen LogP contribution in [0.25, 0.3) is 82.9 Å². The number of fused-ring (bicyclic) bond motifs is 6. The van der Waals surface area contributed by atoms with E-state index in [0.717, 1.165) is 11.4 Å². The molecule has 3 heteroatoms. The highest BCUT2D eigenvalue weighted by atomic mass is 15.0. The molecule has 11 aromatic rings. The van der Waals surface area contributed by atoms with Gasteiger partial charge in [-0.05, 0) is 120 Å². The second-order valence-electron chi connectivity index (χ2n) is 16.3. The van der Waals surface area contributed by atoms with E-state index in [4.69, 9.17) is 0 Å². The molecule has 0 amide bonds. The SMILES string of the molecule is CCC(C)c1ccccc1.Cc1ccccc1-c1c(C)ccc2ccn(-c3ccc(-c4ccc(-n5ccc6ccc7c(c8ccccc8n7-c7ccccc7)c65)cc4)cc3)c12. The lowest BCUT2D eigenvalue weighted by atomic mass is 9.94. The number of aromatic nitrogens is 3. The lowest BCUT2D eigenvalue weighted by molar-refractivity contribution is 0.733. The number of rotatable bonds is 7. The number of nitrogens with zero attached hydrogens (tertiary/aromatic N) is 3. The average molecular weight is 788 g/mol. The minimum absolute atomic E-state index is 0.709. The summed E-state index contributed by atoms with van der Waals surface area (Å²) in [5.74, 6) is 0.709. The number of hydrogen-bond acceptors (Lipinski definition) is 0. The second kappa shape index (κ2) is 16.0. The van der Waals surface area contributed by atoms with Gasteiger partial charge in [-0.3, -0.25) is 0 Å². The van der Waals surface area contributed by atoms with Crippen LogP contribution in [0.4, 0.5) is 0 Å². The van der Waals surface area contributed by atoms with Crippen molar-refractivity contribution in [1.29, 1.82) is 0 Å². The lowest BCUT2D eigenvalue weighted by Crippen LogP contribution is -1.96. The summed E-state index contributed by atoms with van der Waals surface area (Å²) in [6.07, 6.45) is 5.63. The Morgan fingerprint density at radius 1 is 0.443 bits per heavy atom. The van der Waals surface area contributed by atoms with Crippen molar-refractivity contribution in [2.75, 3.05) is 0 Å². The molecule has 3 nitrogen and oxygen atoms in total. The first kappa shape index (κ1) is 37.9. The minimum Gasteiger partial charge on any atom is -0.316 e. The van der Waals surface area contributed by atoms with Gasteiger partial charge in [-0.15, -0.1) is 0 Å². The number of hydrogen-bond donors (Lipinski definition) is 0. The van der Waals surface area contributed by atoms with Crippen LogP contribution < -0.4 is 0 Å². The molecule has 1 unspecified atom stereocenters. The van der Waals surface area contributed by atoms with Gasteiger partial charge in [0.25, 0.3) is 0 Å². The zero-order chi connectivity index (χ0) is 41.5. The van der Waals surface area contributed by atoms with Crippen LogP contribution in [-0.4, -0.2) is 13.7 Å². The van der Waals surface area contributed by atoms with Crippen molar-refractivity contribution in [3.8, 4) is 39.3 Å². The number of benzene rings is 8. The van der Waals surface area contributed by atoms with Crippen molar-refractivity contribution in [3.63, 3.8) is 0 Å². The van der Waals surface area contributed by atoms with Crippen molar-refractivity contribution in [2.45, 2.75) is 40.0 Å². The van der Waals surface area contributed by atoms with Gasteiger partial charge in [0, 0.05) is 56.6 Å². The molecular weight excluding hydrogens is 739 g/mol. The molecule has 0 fully saturated rings. The van der Waals surface area contributed by atoms with Gasteiger partial charge >= 0.3 is 0 Å². The van der Waals surface area contributed by atoms with Crippen molar-refractivity contribution in [1.82, 2.24) is 13.7 Å². The summed E-state index contributed by atoms with van der Waals surface area (Å²) in [5.41, 5.74) is 17.4. The Balaban J connectivity index is 0.000000394. The Bertz CT molecular complexity index is 3290. The van der Waals surface area contributed by atoms with Gasteiger partial charge in [-0.2, -0.15) is 0 Å². The quantitative estimate of drug-likeness (QED) is 0.153. The fourth-order valence-electron chi connectivity index (χ4n) is 9.14. The Kier molecular flexibility index (Phi) is 9.94.